The van der Waals surface area contributed by atoms with E-state index >= 15 is 0 Å². The first-order valence-corrected chi connectivity index (χ1v) is 8.16. The molecule has 0 saturated carbocycles. The van der Waals surface area contributed by atoms with Crippen molar-refractivity contribution < 1.29 is 8.42 Å². The fourth-order valence-corrected chi connectivity index (χ4v) is 3.73. The van der Waals surface area contributed by atoms with Crippen molar-refractivity contribution in [3.05, 3.63) is 52.5 Å². The van der Waals surface area contributed by atoms with E-state index in [0.29, 0.717) is 10.7 Å². The second kappa shape index (κ2) is 5.58. The normalized spacial score (nSPS) is 11.4. The fourth-order valence-electron chi connectivity index (χ4n) is 2.19. The second-order valence-corrected chi connectivity index (χ2v) is 7.32. The third kappa shape index (κ3) is 2.99. The van der Waals surface area contributed by atoms with Gasteiger partial charge in [-0.05, 0) is 43.7 Å². The number of benzene rings is 2. The van der Waals surface area contributed by atoms with Crippen LogP contribution in [0.2, 0.25) is 5.02 Å². The molecule has 0 spiro atoms. The van der Waals surface area contributed by atoms with Gasteiger partial charge in [0.15, 0.2) is 0 Å². The van der Waals surface area contributed by atoms with Crippen molar-refractivity contribution in [2.75, 3.05) is 17.1 Å². The zero-order chi connectivity index (χ0) is 15.8. The summed E-state index contributed by atoms with van der Waals surface area (Å²) in [5, 5.41) is 0.403. The number of nitrogens with zero attached hydrogens (tertiary/aromatic N) is 1. The van der Waals surface area contributed by atoms with E-state index in [4.69, 9.17) is 17.3 Å². The quantitative estimate of drug-likeness (QED) is 0.880. The van der Waals surface area contributed by atoms with E-state index in [1.54, 1.807) is 6.07 Å². The van der Waals surface area contributed by atoms with Gasteiger partial charge in [0.05, 0.1) is 11.4 Å². The van der Waals surface area contributed by atoms with Crippen molar-refractivity contribution in [3.63, 3.8) is 0 Å². The van der Waals surface area contributed by atoms with Crippen molar-refractivity contribution in [1.82, 2.24) is 0 Å². The van der Waals surface area contributed by atoms with Crippen LogP contribution >= 0.6 is 11.6 Å². The number of anilines is 2. The van der Waals surface area contributed by atoms with Crippen molar-refractivity contribution in [2.45, 2.75) is 18.7 Å². The van der Waals surface area contributed by atoms with Crippen LogP contribution in [0.1, 0.15) is 11.1 Å². The van der Waals surface area contributed by atoms with Gasteiger partial charge in [-0.2, -0.15) is 0 Å². The number of hydrogen-bond donors (Lipinski definition) is 1. The minimum atomic E-state index is -3.73. The number of halogens is 1. The van der Waals surface area contributed by atoms with Crippen molar-refractivity contribution >= 4 is 33.0 Å². The monoisotopic (exact) mass is 324 g/mol. The number of hydrogen-bond acceptors (Lipinski definition) is 3. The lowest BCUT2D eigenvalue weighted by atomic mass is 10.1. The van der Waals surface area contributed by atoms with Gasteiger partial charge in [0.1, 0.15) is 4.90 Å². The maximum atomic E-state index is 12.7. The molecular formula is C15H17ClN2O2S. The van der Waals surface area contributed by atoms with Crippen LogP contribution in [0.5, 0.6) is 0 Å². The molecule has 2 aromatic rings. The minimum Gasteiger partial charge on any atom is -0.398 e. The zero-order valence-corrected chi connectivity index (χ0v) is 13.7. The van der Waals surface area contributed by atoms with Crippen molar-refractivity contribution in [3.8, 4) is 0 Å². The van der Waals surface area contributed by atoms with E-state index in [1.165, 1.54) is 29.6 Å². The molecule has 0 aliphatic carbocycles. The number of sulfonamides is 1. The smallest absolute Gasteiger partial charge is 0.266 e. The predicted octanol–water partition coefficient (Wildman–Crippen LogP) is 3.36. The van der Waals surface area contributed by atoms with E-state index in [1.807, 2.05) is 26.0 Å². The lowest BCUT2D eigenvalue weighted by molar-refractivity contribution is 0.594. The summed E-state index contributed by atoms with van der Waals surface area (Å²) in [7, 11) is -2.21. The number of aryl methyl sites for hydroxylation is 2. The molecular weight excluding hydrogens is 308 g/mol. The Bertz CT molecular complexity index is 788. The van der Waals surface area contributed by atoms with E-state index in [-0.39, 0.29) is 10.6 Å². The Labute approximate surface area is 130 Å². The van der Waals surface area contributed by atoms with Crippen LogP contribution in [0.3, 0.4) is 0 Å². The lowest BCUT2D eigenvalue weighted by Crippen LogP contribution is -2.28. The molecule has 2 rings (SSSR count). The summed E-state index contributed by atoms with van der Waals surface area (Å²) in [6, 6.07) is 9.97. The molecule has 0 bridgehead atoms. The molecule has 112 valence electrons. The Kier molecular flexibility index (Phi) is 4.16. The largest absolute Gasteiger partial charge is 0.398 e. The van der Waals surface area contributed by atoms with E-state index in [9.17, 15) is 8.42 Å². The molecule has 4 nitrogen and oxygen atoms in total. The van der Waals surface area contributed by atoms with Gasteiger partial charge in [-0.15, -0.1) is 0 Å². The Morgan fingerprint density at radius 2 is 1.76 bits per heavy atom. The average Bonchev–Trinajstić information content (AvgIpc) is 2.37. The third-order valence-electron chi connectivity index (χ3n) is 3.30. The van der Waals surface area contributed by atoms with Crippen molar-refractivity contribution in [2.24, 2.45) is 0 Å². The van der Waals surface area contributed by atoms with Crippen LogP contribution in [0.4, 0.5) is 11.4 Å². The minimum absolute atomic E-state index is 0.0503. The van der Waals surface area contributed by atoms with E-state index < -0.39 is 10.0 Å². The molecule has 0 amide bonds. The summed E-state index contributed by atoms with van der Waals surface area (Å²) in [5.74, 6) is 0. The summed E-state index contributed by atoms with van der Waals surface area (Å²) in [6.07, 6.45) is 0. The first-order valence-electron chi connectivity index (χ1n) is 6.34. The van der Waals surface area contributed by atoms with Gasteiger partial charge in [-0.25, -0.2) is 8.42 Å². The highest BCUT2D eigenvalue weighted by molar-refractivity contribution is 7.93. The van der Waals surface area contributed by atoms with Crippen LogP contribution in [0.15, 0.2) is 41.3 Å². The molecule has 0 atom stereocenters. The molecule has 0 aliphatic rings. The van der Waals surface area contributed by atoms with Gasteiger partial charge in [-0.3, -0.25) is 4.31 Å². The second-order valence-electron chi connectivity index (χ2n) is 4.94. The Morgan fingerprint density at radius 1 is 1.10 bits per heavy atom. The van der Waals surface area contributed by atoms with Crippen LogP contribution in [-0.4, -0.2) is 15.5 Å². The maximum absolute atomic E-state index is 12.7. The molecule has 0 aliphatic heterocycles. The Hall–Kier alpha value is -1.72. The maximum Gasteiger partial charge on any atom is 0.266 e. The molecule has 2 aromatic carbocycles. The molecule has 0 saturated heterocycles. The summed E-state index contributed by atoms with van der Waals surface area (Å²) < 4.78 is 26.6. The topological polar surface area (TPSA) is 63.4 Å². The summed E-state index contributed by atoms with van der Waals surface area (Å²) in [6.45, 7) is 3.84. The summed E-state index contributed by atoms with van der Waals surface area (Å²) in [5.41, 5.74) is 8.51. The van der Waals surface area contributed by atoms with Gasteiger partial charge in [0, 0.05) is 12.1 Å². The molecule has 21 heavy (non-hydrogen) atoms. The molecule has 0 fully saturated rings. The first kappa shape index (κ1) is 15.7. The summed E-state index contributed by atoms with van der Waals surface area (Å²) in [4.78, 5) is 0.0503. The number of nitrogen functional groups attached to an aromatic ring is 1. The highest BCUT2D eigenvalue weighted by Crippen LogP contribution is 2.29. The first-order chi connectivity index (χ1) is 9.73. The van der Waals surface area contributed by atoms with Crippen LogP contribution in [0.25, 0.3) is 0 Å². The molecule has 0 radical (unpaired) electrons. The Balaban J connectivity index is 2.52. The van der Waals surface area contributed by atoms with Crippen LogP contribution in [-0.2, 0) is 10.0 Å². The van der Waals surface area contributed by atoms with Gasteiger partial charge in [0.2, 0.25) is 0 Å². The molecule has 0 unspecified atom stereocenters. The average molecular weight is 325 g/mol. The van der Waals surface area contributed by atoms with Gasteiger partial charge >= 0.3 is 0 Å². The Morgan fingerprint density at radius 3 is 2.33 bits per heavy atom. The van der Waals surface area contributed by atoms with E-state index in [2.05, 4.69) is 0 Å². The van der Waals surface area contributed by atoms with E-state index in [0.717, 1.165) is 11.1 Å². The number of rotatable bonds is 3. The molecule has 0 heterocycles. The van der Waals surface area contributed by atoms with Gasteiger partial charge in [-0.1, -0.05) is 29.3 Å². The molecule has 6 heteroatoms. The standard InChI is InChI=1S/C15H17ClN2O2S/c1-10-4-6-14(11(2)8-10)18(3)21(19,20)15-7-5-12(16)9-13(15)17/h4-9H,17H2,1-3H3. The van der Waals surface area contributed by atoms with Crippen LogP contribution in [0, 0.1) is 13.8 Å². The highest BCUT2D eigenvalue weighted by Gasteiger charge is 2.24. The molecule has 0 aromatic heterocycles. The van der Waals surface area contributed by atoms with Gasteiger partial charge < -0.3 is 5.73 Å². The number of nitrogens with two attached hydrogens (primary N) is 1. The predicted molar refractivity (Wildman–Crippen MR) is 87.4 cm³/mol. The SMILES string of the molecule is Cc1ccc(N(C)S(=O)(=O)c2ccc(Cl)cc2N)c(C)c1. The highest BCUT2D eigenvalue weighted by atomic mass is 35.5. The summed E-state index contributed by atoms with van der Waals surface area (Å²) >= 11 is 5.82. The van der Waals surface area contributed by atoms with Gasteiger partial charge in [0.25, 0.3) is 10.0 Å². The van der Waals surface area contributed by atoms with Crippen LogP contribution < -0.4 is 10.0 Å². The zero-order valence-electron chi connectivity index (χ0n) is 12.1. The lowest BCUT2D eigenvalue weighted by Gasteiger charge is -2.22. The van der Waals surface area contributed by atoms with Crippen molar-refractivity contribution in [1.29, 1.82) is 0 Å². The third-order valence-corrected chi connectivity index (χ3v) is 5.38. The fraction of sp³-hybridized carbons (Fsp3) is 0.200. The molecule has 2 N–H and O–H groups in total.